The molecule has 3 aromatic rings. The highest BCUT2D eigenvalue weighted by Gasteiger charge is 2.69. The number of aromatic nitrogens is 2. The van der Waals surface area contributed by atoms with Crippen LogP contribution in [0.3, 0.4) is 0 Å². The van der Waals surface area contributed by atoms with Crippen molar-refractivity contribution in [3.8, 4) is 0 Å². The third-order valence-electron chi connectivity index (χ3n) is 5.81. The van der Waals surface area contributed by atoms with Crippen LogP contribution in [0.4, 0.5) is 29.6 Å². The molecule has 2 unspecified atom stereocenters. The minimum atomic E-state index is -4.73. The Morgan fingerprint density at radius 3 is 2.50 bits per heavy atom. The number of hydrogen-bond donors (Lipinski definition) is 0. The molecule has 0 N–H and O–H groups in total. The summed E-state index contributed by atoms with van der Waals surface area (Å²) in [5.41, 5.74) is 0.202. The number of carbonyl (C=O) groups excluding carboxylic acids is 1. The third-order valence-corrected chi connectivity index (χ3v) is 5.81. The lowest BCUT2D eigenvalue weighted by molar-refractivity contribution is -0.183. The number of ether oxygens (including phenoxy) is 1. The molecule has 1 saturated heterocycles. The predicted molar refractivity (Wildman–Crippen MR) is 110 cm³/mol. The Labute approximate surface area is 182 Å². The lowest BCUT2D eigenvalue weighted by Crippen LogP contribution is -2.54. The van der Waals surface area contributed by atoms with Gasteiger partial charge in [-0.25, -0.2) is 14.8 Å². The van der Waals surface area contributed by atoms with Crippen LogP contribution in [0.25, 0.3) is 0 Å². The molecule has 164 valence electrons. The number of rotatable bonds is 3. The summed E-state index contributed by atoms with van der Waals surface area (Å²) in [6.07, 6.45) is -2.74. The molecule has 6 nitrogen and oxygen atoms in total. The molecule has 2 aromatic carbocycles. The maximum absolute atomic E-state index is 14.6. The Hall–Kier alpha value is -3.62. The predicted octanol–water partition coefficient (Wildman–Crippen LogP) is 4.72. The van der Waals surface area contributed by atoms with Gasteiger partial charge in [0.05, 0.1) is 12.2 Å². The van der Waals surface area contributed by atoms with Crippen LogP contribution in [0.2, 0.25) is 0 Å². The minimum absolute atomic E-state index is 0.102. The van der Waals surface area contributed by atoms with Crippen molar-refractivity contribution in [3.05, 3.63) is 83.7 Å². The summed E-state index contributed by atoms with van der Waals surface area (Å²) in [5.74, 6) is -0.102. The Morgan fingerprint density at radius 1 is 1.09 bits per heavy atom. The average Bonchev–Trinajstić information content (AvgIpc) is 3.23. The van der Waals surface area contributed by atoms with E-state index < -0.39 is 23.9 Å². The summed E-state index contributed by atoms with van der Waals surface area (Å²) < 4.78 is 49.5. The fraction of sp³-hybridized carbons (Fsp3) is 0.261. The molecule has 1 aromatic heterocycles. The van der Waals surface area contributed by atoms with E-state index in [1.807, 2.05) is 30.3 Å². The molecule has 0 aliphatic carbocycles. The highest BCUT2D eigenvalue weighted by Crippen LogP contribution is 2.56. The molecule has 1 fully saturated rings. The van der Waals surface area contributed by atoms with E-state index in [0.717, 1.165) is 16.0 Å². The first kappa shape index (κ1) is 20.3. The molecule has 5 rings (SSSR count). The molecule has 3 heterocycles. The summed E-state index contributed by atoms with van der Waals surface area (Å²) in [4.78, 5) is 23.3. The normalized spacial score (nSPS) is 22.4. The Kier molecular flexibility index (Phi) is 4.58. The first-order chi connectivity index (χ1) is 15.3. The Morgan fingerprint density at radius 2 is 1.81 bits per heavy atom. The maximum atomic E-state index is 14.6. The van der Waals surface area contributed by atoms with Crippen LogP contribution in [0.1, 0.15) is 16.7 Å². The van der Waals surface area contributed by atoms with Crippen molar-refractivity contribution in [1.82, 2.24) is 14.9 Å². The van der Waals surface area contributed by atoms with E-state index in [4.69, 9.17) is 4.74 Å². The van der Waals surface area contributed by atoms with Gasteiger partial charge in [-0.1, -0.05) is 42.0 Å². The molecular weight excluding hydrogens is 421 g/mol. The topological polar surface area (TPSA) is 58.6 Å². The van der Waals surface area contributed by atoms with E-state index in [9.17, 15) is 18.0 Å². The summed E-state index contributed by atoms with van der Waals surface area (Å²) in [7, 11) is 0. The van der Waals surface area contributed by atoms with E-state index in [2.05, 4.69) is 9.97 Å². The van der Waals surface area contributed by atoms with Crippen LogP contribution in [-0.4, -0.2) is 39.7 Å². The van der Waals surface area contributed by atoms with Crippen molar-refractivity contribution in [2.75, 3.05) is 11.4 Å². The monoisotopic (exact) mass is 440 g/mol. The minimum Gasteiger partial charge on any atom is -0.433 e. The second-order valence-electron chi connectivity index (χ2n) is 7.98. The molecule has 0 bridgehead atoms. The number of aryl methyl sites for hydroxylation is 1. The van der Waals surface area contributed by atoms with Gasteiger partial charge in [0.2, 0.25) is 5.95 Å². The van der Waals surface area contributed by atoms with E-state index in [-0.39, 0.29) is 24.7 Å². The fourth-order valence-corrected chi connectivity index (χ4v) is 4.55. The molecular formula is C23H19F3N4O2. The smallest absolute Gasteiger partial charge is 0.413 e. The van der Waals surface area contributed by atoms with Gasteiger partial charge in [0.15, 0.2) is 11.6 Å². The Balaban J connectivity index is 1.65. The van der Waals surface area contributed by atoms with Gasteiger partial charge >= 0.3 is 12.3 Å². The summed E-state index contributed by atoms with van der Waals surface area (Å²) in [6.45, 7) is 1.69. The summed E-state index contributed by atoms with van der Waals surface area (Å²) in [5, 5.41) is 0. The number of carbonyl (C=O) groups is 1. The highest BCUT2D eigenvalue weighted by molar-refractivity contribution is 5.78. The zero-order chi connectivity index (χ0) is 22.5. The number of hydrogen-bond acceptors (Lipinski definition) is 5. The number of halogens is 3. The van der Waals surface area contributed by atoms with Gasteiger partial charge in [0, 0.05) is 24.5 Å². The third kappa shape index (κ3) is 3.16. The number of anilines is 2. The molecule has 1 amide bonds. The van der Waals surface area contributed by atoms with Crippen molar-refractivity contribution in [1.29, 1.82) is 0 Å². The average molecular weight is 440 g/mol. The van der Waals surface area contributed by atoms with Crippen molar-refractivity contribution < 1.29 is 22.7 Å². The van der Waals surface area contributed by atoms with E-state index in [1.165, 1.54) is 23.4 Å². The van der Waals surface area contributed by atoms with Crippen molar-refractivity contribution in [2.45, 2.75) is 31.3 Å². The lowest BCUT2D eigenvalue weighted by atomic mass is 9.88. The number of amides is 1. The van der Waals surface area contributed by atoms with Crippen LogP contribution < -0.4 is 4.90 Å². The van der Waals surface area contributed by atoms with Gasteiger partial charge in [-0.2, -0.15) is 13.2 Å². The van der Waals surface area contributed by atoms with Gasteiger partial charge in [-0.15, -0.1) is 0 Å². The molecule has 0 radical (unpaired) electrons. The van der Waals surface area contributed by atoms with E-state index in [0.29, 0.717) is 5.56 Å². The number of nitrogens with zero attached hydrogens (tertiary/aromatic N) is 4. The first-order valence-electron chi connectivity index (χ1n) is 10.1. The van der Waals surface area contributed by atoms with Crippen LogP contribution in [0, 0.1) is 6.92 Å². The van der Waals surface area contributed by atoms with Gasteiger partial charge in [-0.05, 0) is 30.7 Å². The van der Waals surface area contributed by atoms with E-state index >= 15 is 0 Å². The number of benzene rings is 2. The van der Waals surface area contributed by atoms with Crippen LogP contribution in [0.15, 0.2) is 67.0 Å². The van der Waals surface area contributed by atoms with Crippen LogP contribution >= 0.6 is 0 Å². The second kappa shape index (κ2) is 7.22. The zero-order valence-electron chi connectivity index (χ0n) is 17.1. The van der Waals surface area contributed by atoms with Gasteiger partial charge < -0.3 is 4.74 Å². The van der Waals surface area contributed by atoms with E-state index in [1.54, 1.807) is 25.1 Å². The maximum Gasteiger partial charge on any atom is 0.413 e. The molecule has 2 aliphatic rings. The molecule has 9 heteroatoms. The highest BCUT2D eigenvalue weighted by atomic mass is 19.4. The van der Waals surface area contributed by atoms with Crippen LogP contribution in [-0.2, 0) is 16.9 Å². The number of alkyl halides is 3. The zero-order valence-corrected chi connectivity index (χ0v) is 17.1. The Bertz CT molecular complexity index is 1160. The largest absolute Gasteiger partial charge is 0.433 e. The van der Waals surface area contributed by atoms with Crippen molar-refractivity contribution in [2.24, 2.45) is 0 Å². The number of fused-ring (bicyclic) bond motifs is 2. The first-order valence-corrected chi connectivity index (χ1v) is 10.1. The fourth-order valence-electron chi connectivity index (χ4n) is 4.55. The SMILES string of the molecule is Cc1ccc2c(c1)C1(CN(Cc3ccccc3)C(=O)O1)C(C(F)(F)F)N2c1ncccn1. The summed E-state index contributed by atoms with van der Waals surface area (Å²) in [6, 6.07) is 13.4. The second-order valence-corrected chi connectivity index (χ2v) is 7.98. The molecule has 1 spiro atoms. The quantitative estimate of drug-likeness (QED) is 0.590. The molecule has 32 heavy (non-hydrogen) atoms. The lowest BCUT2D eigenvalue weighted by Gasteiger charge is -2.34. The molecule has 0 saturated carbocycles. The van der Waals surface area contributed by atoms with Crippen molar-refractivity contribution in [3.63, 3.8) is 0 Å². The standard InChI is InChI=1S/C23H19F3N4O2/c1-15-8-9-18-17(12-15)22(14-29(21(31)32-22)13-16-6-3-2-4-7-16)19(23(24,25)26)30(18)20-27-10-5-11-28-20/h2-12,19H,13-14H2,1H3. The molecule has 2 atom stereocenters. The van der Waals surface area contributed by atoms with Gasteiger partial charge in [0.25, 0.3) is 0 Å². The van der Waals surface area contributed by atoms with Gasteiger partial charge in [0.1, 0.15) is 0 Å². The van der Waals surface area contributed by atoms with Crippen molar-refractivity contribution >= 4 is 17.7 Å². The van der Waals surface area contributed by atoms with Gasteiger partial charge in [-0.3, -0.25) is 9.80 Å². The van der Waals surface area contributed by atoms with Crippen LogP contribution in [0.5, 0.6) is 0 Å². The molecule has 2 aliphatic heterocycles. The summed E-state index contributed by atoms with van der Waals surface area (Å²) >= 11 is 0.